The fraction of sp³-hybridized carbons (Fsp3) is 0.867. The van der Waals surface area contributed by atoms with Crippen molar-refractivity contribution in [2.75, 3.05) is 33.2 Å². The Labute approximate surface area is 121 Å². The van der Waals surface area contributed by atoms with Crippen molar-refractivity contribution in [3.8, 4) is 0 Å². The van der Waals surface area contributed by atoms with Gasteiger partial charge in [-0.05, 0) is 45.2 Å². The second kappa shape index (κ2) is 6.57. The van der Waals surface area contributed by atoms with Crippen LogP contribution in [-0.2, 0) is 9.59 Å². The molecule has 114 valence electrons. The molecule has 0 radical (unpaired) electrons. The lowest BCUT2D eigenvalue weighted by atomic mass is 9.75. The summed E-state index contributed by atoms with van der Waals surface area (Å²) in [6.07, 6.45) is 4.56. The molecule has 2 aliphatic rings. The number of likely N-dealkylation sites (tertiary alicyclic amines) is 1. The molecule has 2 aliphatic heterocycles. The van der Waals surface area contributed by atoms with E-state index in [-0.39, 0.29) is 23.1 Å². The number of nitrogens with one attached hydrogen (secondary N) is 2. The van der Waals surface area contributed by atoms with E-state index < -0.39 is 0 Å². The van der Waals surface area contributed by atoms with Crippen molar-refractivity contribution >= 4 is 11.8 Å². The van der Waals surface area contributed by atoms with Crippen LogP contribution >= 0.6 is 0 Å². The van der Waals surface area contributed by atoms with E-state index in [1.807, 2.05) is 4.90 Å². The van der Waals surface area contributed by atoms with Gasteiger partial charge >= 0.3 is 0 Å². The Morgan fingerprint density at radius 2 is 2.05 bits per heavy atom. The maximum atomic E-state index is 12.9. The topological polar surface area (TPSA) is 61.4 Å². The molecule has 2 rings (SSSR count). The lowest BCUT2D eigenvalue weighted by molar-refractivity contribution is -0.147. The number of piperidine rings is 2. The monoisotopic (exact) mass is 281 g/mol. The molecule has 0 aliphatic carbocycles. The third kappa shape index (κ3) is 2.97. The van der Waals surface area contributed by atoms with Gasteiger partial charge in [-0.3, -0.25) is 9.59 Å². The van der Waals surface area contributed by atoms with Gasteiger partial charge in [-0.25, -0.2) is 0 Å². The first-order valence-corrected chi connectivity index (χ1v) is 7.84. The number of carbonyl (C=O) groups excluding carboxylic acids is 2. The van der Waals surface area contributed by atoms with Crippen LogP contribution in [0, 0.1) is 11.3 Å². The fourth-order valence-corrected chi connectivity index (χ4v) is 3.54. The molecular weight excluding hydrogens is 254 g/mol. The largest absolute Gasteiger partial charge is 0.359 e. The SMILES string of the molecule is CCC1(C(=O)N2CCCC(C(=O)NC)C2)CCNCC1. The summed E-state index contributed by atoms with van der Waals surface area (Å²) < 4.78 is 0. The minimum Gasteiger partial charge on any atom is -0.359 e. The summed E-state index contributed by atoms with van der Waals surface area (Å²) in [6, 6.07) is 0. The maximum Gasteiger partial charge on any atom is 0.228 e. The molecule has 1 unspecified atom stereocenters. The Kier molecular flexibility index (Phi) is 5.02. The van der Waals surface area contributed by atoms with Gasteiger partial charge in [0.1, 0.15) is 0 Å². The van der Waals surface area contributed by atoms with Gasteiger partial charge in [0.05, 0.1) is 11.3 Å². The summed E-state index contributed by atoms with van der Waals surface area (Å²) in [5, 5.41) is 6.04. The van der Waals surface area contributed by atoms with Crippen LogP contribution in [0.25, 0.3) is 0 Å². The summed E-state index contributed by atoms with van der Waals surface area (Å²) >= 11 is 0. The van der Waals surface area contributed by atoms with Gasteiger partial charge in [-0.1, -0.05) is 6.92 Å². The summed E-state index contributed by atoms with van der Waals surface area (Å²) in [7, 11) is 1.67. The van der Waals surface area contributed by atoms with E-state index in [1.165, 1.54) is 0 Å². The van der Waals surface area contributed by atoms with Crippen molar-refractivity contribution in [2.24, 2.45) is 11.3 Å². The maximum absolute atomic E-state index is 12.9. The quantitative estimate of drug-likeness (QED) is 0.802. The molecule has 0 spiro atoms. The molecule has 20 heavy (non-hydrogen) atoms. The second-order valence-corrected chi connectivity index (χ2v) is 6.09. The number of amides is 2. The van der Waals surface area contributed by atoms with Crippen LogP contribution in [0.3, 0.4) is 0 Å². The molecule has 2 amide bonds. The first kappa shape index (κ1) is 15.3. The number of rotatable bonds is 3. The van der Waals surface area contributed by atoms with Crippen molar-refractivity contribution in [1.82, 2.24) is 15.5 Å². The van der Waals surface area contributed by atoms with E-state index in [4.69, 9.17) is 0 Å². The standard InChI is InChI=1S/C15H27N3O2/c1-3-15(6-8-17-9-7-15)14(20)18-10-4-5-12(11-18)13(19)16-2/h12,17H,3-11H2,1-2H3,(H,16,19). The Morgan fingerprint density at radius 1 is 1.35 bits per heavy atom. The van der Waals surface area contributed by atoms with Crippen LogP contribution in [0.4, 0.5) is 0 Å². The molecule has 2 fully saturated rings. The van der Waals surface area contributed by atoms with Gasteiger partial charge < -0.3 is 15.5 Å². The predicted molar refractivity (Wildman–Crippen MR) is 78.2 cm³/mol. The Bertz CT molecular complexity index is 364. The zero-order chi connectivity index (χ0) is 14.6. The van der Waals surface area contributed by atoms with Crippen LogP contribution in [0.1, 0.15) is 39.0 Å². The van der Waals surface area contributed by atoms with Gasteiger partial charge in [0, 0.05) is 20.1 Å². The minimum absolute atomic E-state index is 0.0340. The lowest BCUT2D eigenvalue weighted by Gasteiger charge is -2.42. The van der Waals surface area contributed by atoms with E-state index >= 15 is 0 Å². The van der Waals surface area contributed by atoms with Crippen molar-refractivity contribution in [2.45, 2.75) is 39.0 Å². The highest BCUT2D eigenvalue weighted by atomic mass is 16.2. The number of nitrogens with zero attached hydrogens (tertiary/aromatic N) is 1. The van der Waals surface area contributed by atoms with Crippen LogP contribution in [0.2, 0.25) is 0 Å². The normalized spacial score (nSPS) is 26.1. The van der Waals surface area contributed by atoms with Gasteiger partial charge in [-0.2, -0.15) is 0 Å². The number of hydrogen-bond donors (Lipinski definition) is 2. The van der Waals surface area contributed by atoms with E-state index in [2.05, 4.69) is 17.6 Å². The first-order chi connectivity index (χ1) is 9.63. The van der Waals surface area contributed by atoms with E-state index in [0.717, 1.165) is 51.7 Å². The molecule has 5 nitrogen and oxygen atoms in total. The molecular formula is C15H27N3O2. The highest BCUT2D eigenvalue weighted by molar-refractivity contribution is 5.84. The summed E-state index contributed by atoms with van der Waals surface area (Å²) in [6.45, 7) is 5.36. The average molecular weight is 281 g/mol. The van der Waals surface area contributed by atoms with Crippen LogP contribution in [0.15, 0.2) is 0 Å². The Hall–Kier alpha value is -1.10. The highest BCUT2D eigenvalue weighted by Crippen LogP contribution is 2.35. The van der Waals surface area contributed by atoms with Crippen LogP contribution in [0.5, 0.6) is 0 Å². The molecule has 1 atom stereocenters. The third-order valence-corrected chi connectivity index (χ3v) is 5.02. The van der Waals surface area contributed by atoms with Gasteiger partial charge in [0.25, 0.3) is 0 Å². The third-order valence-electron chi connectivity index (χ3n) is 5.02. The molecule has 0 saturated carbocycles. The Balaban J connectivity index is 2.05. The van der Waals surface area contributed by atoms with Crippen molar-refractivity contribution in [3.05, 3.63) is 0 Å². The summed E-state index contributed by atoms with van der Waals surface area (Å²) in [4.78, 5) is 26.7. The van der Waals surface area contributed by atoms with Crippen LogP contribution < -0.4 is 10.6 Å². The van der Waals surface area contributed by atoms with Crippen molar-refractivity contribution in [3.63, 3.8) is 0 Å². The van der Waals surface area contributed by atoms with Gasteiger partial charge in [0.2, 0.25) is 11.8 Å². The summed E-state index contributed by atoms with van der Waals surface area (Å²) in [5.41, 5.74) is -0.199. The van der Waals surface area contributed by atoms with Gasteiger partial charge in [-0.15, -0.1) is 0 Å². The molecule has 2 saturated heterocycles. The highest BCUT2D eigenvalue weighted by Gasteiger charge is 2.42. The molecule has 0 aromatic carbocycles. The zero-order valence-electron chi connectivity index (χ0n) is 12.7. The van der Waals surface area contributed by atoms with Crippen molar-refractivity contribution < 1.29 is 9.59 Å². The number of hydrogen-bond acceptors (Lipinski definition) is 3. The molecule has 0 aromatic rings. The predicted octanol–water partition coefficient (Wildman–Crippen LogP) is 0.751. The molecule has 2 heterocycles. The zero-order valence-corrected chi connectivity index (χ0v) is 12.7. The average Bonchev–Trinajstić information content (AvgIpc) is 2.54. The smallest absolute Gasteiger partial charge is 0.228 e. The second-order valence-electron chi connectivity index (χ2n) is 6.09. The lowest BCUT2D eigenvalue weighted by Crippen LogP contribution is -2.53. The van der Waals surface area contributed by atoms with Gasteiger partial charge in [0.15, 0.2) is 0 Å². The molecule has 2 N–H and O–H groups in total. The van der Waals surface area contributed by atoms with Crippen molar-refractivity contribution in [1.29, 1.82) is 0 Å². The number of carbonyl (C=O) groups is 2. The Morgan fingerprint density at radius 3 is 2.65 bits per heavy atom. The summed E-state index contributed by atoms with van der Waals surface area (Å²) in [5.74, 6) is 0.307. The fourth-order valence-electron chi connectivity index (χ4n) is 3.54. The van der Waals surface area contributed by atoms with E-state index in [0.29, 0.717) is 6.54 Å². The van der Waals surface area contributed by atoms with Crippen LogP contribution in [-0.4, -0.2) is 49.9 Å². The first-order valence-electron chi connectivity index (χ1n) is 7.84. The van der Waals surface area contributed by atoms with E-state index in [9.17, 15) is 9.59 Å². The molecule has 5 heteroatoms. The minimum atomic E-state index is -0.199. The van der Waals surface area contributed by atoms with E-state index in [1.54, 1.807) is 7.05 Å². The molecule has 0 aromatic heterocycles. The molecule has 0 bridgehead atoms.